The van der Waals surface area contributed by atoms with Crippen molar-refractivity contribution < 1.29 is 9.90 Å². The van der Waals surface area contributed by atoms with E-state index in [-0.39, 0.29) is 5.37 Å². The first-order valence-electron chi connectivity index (χ1n) is 4.95. The van der Waals surface area contributed by atoms with Gasteiger partial charge in [0.25, 0.3) is 0 Å². The lowest BCUT2D eigenvalue weighted by molar-refractivity contribution is -0.138. The number of carboxylic acid groups (broad SMARTS) is 1. The van der Waals surface area contributed by atoms with E-state index in [9.17, 15) is 4.79 Å². The quantitative estimate of drug-likeness (QED) is 0.811. The van der Waals surface area contributed by atoms with Crippen molar-refractivity contribution in [3.63, 3.8) is 0 Å². The molecule has 1 aromatic carbocycles. The van der Waals surface area contributed by atoms with Crippen LogP contribution in [-0.2, 0) is 4.79 Å². The Balaban J connectivity index is 2.05. The van der Waals surface area contributed by atoms with Crippen molar-refractivity contribution in [1.29, 1.82) is 0 Å². The molecule has 0 unspecified atom stereocenters. The molecule has 16 heavy (non-hydrogen) atoms. The highest BCUT2D eigenvalue weighted by molar-refractivity contribution is 7.99. The molecule has 0 radical (unpaired) electrons. The largest absolute Gasteiger partial charge is 0.480 e. The highest BCUT2D eigenvalue weighted by Gasteiger charge is 2.29. The smallest absolute Gasteiger partial charge is 0.321 e. The molecule has 1 heterocycles. The molecule has 1 aromatic rings. The lowest BCUT2D eigenvalue weighted by atomic mass is 10.2. The van der Waals surface area contributed by atoms with Crippen molar-refractivity contribution in [1.82, 2.24) is 5.32 Å². The summed E-state index contributed by atoms with van der Waals surface area (Å²) in [5.41, 5.74) is 1.14. The highest BCUT2D eigenvalue weighted by atomic mass is 32.2. The predicted octanol–water partition coefficient (Wildman–Crippen LogP) is 2.20. The lowest BCUT2D eigenvalue weighted by Gasteiger charge is -2.11. The second kappa shape index (κ2) is 5.12. The molecule has 0 aromatic heterocycles. The lowest BCUT2D eigenvalue weighted by Crippen LogP contribution is -2.33. The Kier molecular flexibility index (Phi) is 3.78. The number of hydrogen-bond acceptors (Lipinski definition) is 4. The van der Waals surface area contributed by atoms with Gasteiger partial charge in [0.05, 0.1) is 5.37 Å². The summed E-state index contributed by atoms with van der Waals surface area (Å²) in [7, 11) is 0. The Labute approximate surface area is 103 Å². The average Bonchev–Trinajstić information content (AvgIpc) is 2.78. The molecule has 86 valence electrons. The number of carbonyl (C=O) groups is 1. The van der Waals surface area contributed by atoms with Crippen molar-refractivity contribution >= 4 is 29.5 Å². The van der Waals surface area contributed by atoms with E-state index in [0.29, 0.717) is 5.75 Å². The molecule has 2 N–H and O–H groups in total. The second-order valence-corrected chi connectivity index (χ2v) is 5.56. The number of aliphatic carboxylic acids is 1. The van der Waals surface area contributed by atoms with Gasteiger partial charge in [-0.15, -0.1) is 23.5 Å². The molecule has 0 bridgehead atoms. The Hall–Kier alpha value is -0.650. The van der Waals surface area contributed by atoms with Gasteiger partial charge in [-0.1, -0.05) is 12.1 Å². The zero-order valence-electron chi connectivity index (χ0n) is 8.84. The van der Waals surface area contributed by atoms with Crippen molar-refractivity contribution in [2.45, 2.75) is 16.3 Å². The molecule has 1 aliphatic heterocycles. The van der Waals surface area contributed by atoms with Gasteiger partial charge in [0, 0.05) is 10.6 Å². The van der Waals surface area contributed by atoms with Crippen LogP contribution in [0.5, 0.6) is 0 Å². The van der Waals surface area contributed by atoms with Gasteiger partial charge in [-0.3, -0.25) is 10.1 Å². The maximum absolute atomic E-state index is 10.8. The van der Waals surface area contributed by atoms with E-state index in [4.69, 9.17) is 5.11 Å². The first-order valence-corrected chi connectivity index (χ1v) is 7.22. The minimum Gasteiger partial charge on any atom is -0.480 e. The molecule has 0 spiro atoms. The molecule has 3 nitrogen and oxygen atoms in total. The van der Waals surface area contributed by atoms with E-state index in [2.05, 4.69) is 29.6 Å². The zero-order valence-corrected chi connectivity index (χ0v) is 10.5. The minimum absolute atomic E-state index is 0.108. The van der Waals surface area contributed by atoms with Gasteiger partial charge in [-0.05, 0) is 24.0 Å². The molecule has 0 aliphatic carbocycles. The Morgan fingerprint density at radius 1 is 1.50 bits per heavy atom. The zero-order chi connectivity index (χ0) is 11.5. The van der Waals surface area contributed by atoms with Crippen LogP contribution >= 0.6 is 23.5 Å². The summed E-state index contributed by atoms with van der Waals surface area (Å²) in [6.45, 7) is 0. The molecule has 1 fully saturated rings. The van der Waals surface area contributed by atoms with Crippen LogP contribution in [0.25, 0.3) is 0 Å². The fraction of sp³-hybridized carbons (Fsp3) is 0.364. The monoisotopic (exact) mass is 255 g/mol. The van der Waals surface area contributed by atoms with Crippen LogP contribution in [0.3, 0.4) is 0 Å². The normalized spacial score (nSPS) is 24.6. The topological polar surface area (TPSA) is 49.3 Å². The number of rotatable bonds is 3. The van der Waals surface area contributed by atoms with Crippen LogP contribution in [0.4, 0.5) is 0 Å². The summed E-state index contributed by atoms with van der Waals surface area (Å²) in [5.74, 6) is -0.139. The minimum atomic E-state index is -0.768. The van der Waals surface area contributed by atoms with Gasteiger partial charge in [0.15, 0.2) is 0 Å². The highest BCUT2D eigenvalue weighted by Crippen LogP contribution is 2.33. The first-order chi connectivity index (χ1) is 7.70. The summed E-state index contributed by atoms with van der Waals surface area (Å²) in [6.07, 6.45) is 2.04. The predicted molar refractivity (Wildman–Crippen MR) is 68.0 cm³/mol. The number of nitrogens with one attached hydrogen (secondary N) is 1. The van der Waals surface area contributed by atoms with E-state index in [1.54, 1.807) is 23.5 Å². The number of carboxylic acids is 1. The van der Waals surface area contributed by atoms with Crippen molar-refractivity contribution in [2.75, 3.05) is 12.0 Å². The Morgan fingerprint density at radius 2 is 2.19 bits per heavy atom. The number of hydrogen-bond donors (Lipinski definition) is 2. The van der Waals surface area contributed by atoms with Gasteiger partial charge in [0.1, 0.15) is 6.04 Å². The van der Waals surface area contributed by atoms with Crippen molar-refractivity contribution in [3.8, 4) is 0 Å². The van der Waals surface area contributed by atoms with Crippen molar-refractivity contribution in [3.05, 3.63) is 29.8 Å². The van der Waals surface area contributed by atoms with E-state index in [1.807, 2.05) is 6.26 Å². The van der Waals surface area contributed by atoms with E-state index in [1.165, 1.54) is 4.90 Å². The van der Waals surface area contributed by atoms with Gasteiger partial charge >= 0.3 is 5.97 Å². The maximum atomic E-state index is 10.8. The Morgan fingerprint density at radius 3 is 2.69 bits per heavy atom. The first kappa shape index (κ1) is 11.8. The van der Waals surface area contributed by atoms with Crippen LogP contribution < -0.4 is 5.32 Å². The third-order valence-corrected chi connectivity index (χ3v) is 4.51. The third-order valence-electron chi connectivity index (χ3n) is 2.50. The van der Waals surface area contributed by atoms with Gasteiger partial charge in [0.2, 0.25) is 0 Å². The number of benzene rings is 1. The maximum Gasteiger partial charge on any atom is 0.321 e. The molecule has 1 aliphatic rings. The molecule has 2 rings (SSSR count). The van der Waals surface area contributed by atoms with Crippen molar-refractivity contribution in [2.24, 2.45) is 0 Å². The molecular weight excluding hydrogens is 242 g/mol. The molecule has 2 atom stereocenters. The molecular formula is C11H13NO2S2. The van der Waals surface area contributed by atoms with Crippen LogP contribution in [0.1, 0.15) is 10.9 Å². The summed E-state index contributed by atoms with van der Waals surface area (Å²) in [6, 6.07) is 7.82. The third kappa shape index (κ3) is 2.53. The summed E-state index contributed by atoms with van der Waals surface area (Å²) in [4.78, 5) is 12.0. The van der Waals surface area contributed by atoms with Crippen LogP contribution in [0, 0.1) is 0 Å². The number of thioether (sulfide) groups is 2. The van der Waals surface area contributed by atoms with Crippen LogP contribution in [0.2, 0.25) is 0 Å². The molecule has 1 saturated heterocycles. The van der Waals surface area contributed by atoms with Gasteiger partial charge < -0.3 is 5.11 Å². The molecule has 0 amide bonds. The fourth-order valence-corrected chi connectivity index (χ4v) is 3.23. The SMILES string of the molecule is CSc1ccc([C@@H]2N[C@@H](C(=O)O)CS2)cc1. The van der Waals surface area contributed by atoms with E-state index in [0.717, 1.165) is 5.56 Å². The standard InChI is InChI=1S/C11H13NO2S2/c1-15-8-4-2-7(3-5-8)10-12-9(6-16-10)11(13)14/h2-5,9-10,12H,6H2,1H3,(H,13,14)/t9-,10-/m1/s1. The van der Waals surface area contributed by atoms with E-state index >= 15 is 0 Å². The fourth-order valence-electron chi connectivity index (χ4n) is 1.59. The van der Waals surface area contributed by atoms with Gasteiger partial charge in [-0.25, -0.2) is 0 Å². The molecule has 0 saturated carbocycles. The van der Waals surface area contributed by atoms with Crippen LogP contribution in [0.15, 0.2) is 29.2 Å². The van der Waals surface area contributed by atoms with E-state index < -0.39 is 12.0 Å². The average molecular weight is 255 g/mol. The van der Waals surface area contributed by atoms with Gasteiger partial charge in [-0.2, -0.15) is 0 Å². The Bertz CT molecular complexity index is 380. The summed E-state index contributed by atoms with van der Waals surface area (Å²) < 4.78 is 0. The second-order valence-electron chi connectivity index (χ2n) is 3.54. The van der Waals surface area contributed by atoms with Crippen LogP contribution in [-0.4, -0.2) is 29.1 Å². The summed E-state index contributed by atoms with van der Waals surface area (Å²) in [5, 5.41) is 12.1. The molecule has 5 heteroatoms. The summed E-state index contributed by atoms with van der Waals surface area (Å²) >= 11 is 3.35.